The zero-order chi connectivity index (χ0) is 20.1. The minimum atomic E-state index is -0.578. The van der Waals surface area contributed by atoms with E-state index in [0.717, 1.165) is 10.6 Å². The molecule has 0 saturated heterocycles. The summed E-state index contributed by atoms with van der Waals surface area (Å²) in [5, 5.41) is 16.9. The number of hydrogen-bond acceptors (Lipinski definition) is 5. The number of amides is 1. The topological polar surface area (TPSA) is 80.0 Å². The van der Waals surface area contributed by atoms with Crippen LogP contribution in [0.2, 0.25) is 0 Å². The van der Waals surface area contributed by atoms with Crippen LogP contribution in [0.1, 0.15) is 29.9 Å². The lowest BCUT2D eigenvalue weighted by Crippen LogP contribution is -2.18. The molecule has 0 bridgehead atoms. The van der Waals surface area contributed by atoms with Crippen molar-refractivity contribution in [2.45, 2.75) is 19.6 Å². The van der Waals surface area contributed by atoms with E-state index in [2.05, 4.69) is 23.5 Å². The van der Waals surface area contributed by atoms with Crippen LogP contribution in [0.3, 0.4) is 0 Å². The Hall–Kier alpha value is -2.90. The maximum Gasteiger partial charge on any atom is 0.274 e. The molecule has 2 rings (SSSR count). The highest BCUT2D eigenvalue weighted by molar-refractivity contribution is 8.02. The molecule has 0 aliphatic rings. The summed E-state index contributed by atoms with van der Waals surface area (Å²) in [6.07, 6.45) is 10.9. The van der Waals surface area contributed by atoms with Crippen LogP contribution in [0.25, 0.3) is 5.69 Å². The van der Waals surface area contributed by atoms with E-state index in [0.29, 0.717) is 17.0 Å². The standard InChI is InChI=1S/C18H18N4O2S.C2H6/c1-3-5-10-17(7-4-2)25-13-15-12-22(21-19-15)16-9-6-8-14(11-16)18(23)20-24;1-2/h3-12,24H,1-2,13H2,(H,20,23);1-2H3/b10-5-,17-7+;. The zero-order valence-electron chi connectivity index (χ0n) is 15.5. The van der Waals surface area contributed by atoms with Crippen LogP contribution in [-0.2, 0) is 5.75 Å². The Morgan fingerprint density at radius 3 is 2.78 bits per heavy atom. The van der Waals surface area contributed by atoms with Gasteiger partial charge in [-0.25, -0.2) is 10.2 Å². The molecule has 1 aromatic heterocycles. The molecular formula is C20H24N4O2S. The molecule has 0 aliphatic carbocycles. The van der Waals surface area contributed by atoms with Gasteiger partial charge in [0.05, 0.1) is 17.6 Å². The smallest absolute Gasteiger partial charge is 0.274 e. The summed E-state index contributed by atoms with van der Waals surface area (Å²) in [6.45, 7) is 11.4. The van der Waals surface area contributed by atoms with Gasteiger partial charge < -0.3 is 0 Å². The van der Waals surface area contributed by atoms with Gasteiger partial charge >= 0.3 is 0 Å². The number of carbonyl (C=O) groups is 1. The quantitative estimate of drug-likeness (QED) is 0.399. The number of thioether (sulfide) groups is 1. The molecule has 2 N–H and O–H groups in total. The predicted octanol–water partition coefficient (Wildman–Crippen LogP) is 4.46. The van der Waals surface area contributed by atoms with Crippen LogP contribution in [0.4, 0.5) is 0 Å². The Kier molecular flexibility index (Phi) is 10.2. The van der Waals surface area contributed by atoms with Gasteiger partial charge in [-0.05, 0) is 30.4 Å². The Morgan fingerprint density at radius 1 is 1.33 bits per heavy atom. The number of hydrogen-bond donors (Lipinski definition) is 2. The van der Waals surface area contributed by atoms with E-state index in [1.54, 1.807) is 64.5 Å². The van der Waals surface area contributed by atoms with Gasteiger partial charge in [-0.3, -0.25) is 10.0 Å². The lowest BCUT2D eigenvalue weighted by molar-refractivity contribution is 0.0706. The lowest BCUT2D eigenvalue weighted by atomic mass is 10.2. The number of nitrogens with zero attached hydrogens (tertiary/aromatic N) is 3. The third kappa shape index (κ3) is 7.08. The van der Waals surface area contributed by atoms with E-state index in [4.69, 9.17) is 5.21 Å². The van der Waals surface area contributed by atoms with E-state index >= 15 is 0 Å². The van der Waals surface area contributed by atoms with E-state index in [1.807, 2.05) is 32.1 Å². The average molecular weight is 385 g/mol. The van der Waals surface area contributed by atoms with E-state index in [1.165, 1.54) is 0 Å². The van der Waals surface area contributed by atoms with Crippen molar-refractivity contribution in [2.75, 3.05) is 0 Å². The van der Waals surface area contributed by atoms with Crippen molar-refractivity contribution in [1.29, 1.82) is 0 Å². The second kappa shape index (κ2) is 12.5. The minimum absolute atomic E-state index is 0.331. The molecular weight excluding hydrogens is 360 g/mol. The molecule has 1 amide bonds. The second-order valence-electron chi connectivity index (χ2n) is 4.83. The first kappa shape index (κ1) is 22.1. The maximum atomic E-state index is 11.5. The van der Waals surface area contributed by atoms with Gasteiger partial charge in [0.15, 0.2) is 0 Å². The minimum Gasteiger partial charge on any atom is -0.288 e. The number of benzene rings is 1. The molecule has 0 aliphatic heterocycles. The molecule has 2 aromatic rings. The average Bonchev–Trinajstić information content (AvgIpc) is 3.20. The maximum absolute atomic E-state index is 11.5. The van der Waals surface area contributed by atoms with Gasteiger partial charge in [-0.1, -0.05) is 56.5 Å². The second-order valence-corrected chi connectivity index (χ2v) is 5.88. The SMILES string of the molecule is C=C/C=C\C(=C/C=C)SCc1cn(-c2cccc(C(=O)NO)c2)nn1.CC. The van der Waals surface area contributed by atoms with Gasteiger partial charge in [0.25, 0.3) is 5.91 Å². The third-order valence-corrected chi connectivity index (χ3v) is 4.13. The molecule has 0 fully saturated rings. The molecule has 0 spiro atoms. The number of nitrogens with one attached hydrogen (secondary N) is 1. The molecule has 142 valence electrons. The largest absolute Gasteiger partial charge is 0.288 e. The Morgan fingerprint density at radius 2 is 2.11 bits per heavy atom. The number of allylic oxidation sites excluding steroid dienone is 5. The molecule has 0 radical (unpaired) electrons. The monoisotopic (exact) mass is 384 g/mol. The molecule has 0 saturated carbocycles. The first-order valence-electron chi connectivity index (χ1n) is 8.38. The molecule has 0 atom stereocenters. The fourth-order valence-corrected chi connectivity index (χ4v) is 2.75. The van der Waals surface area contributed by atoms with Gasteiger partial charge in [0.2, 0.25) is 0 Å². The predicted molar refractivity (Wildman–Crippen MR) is 111 cm³/mol. The van der Waals surface area contributed by atoms with Gasteiger partial charge in [0, 0.05) is 16.2 Å². The van der Waals surface area contributed by atoms with E-state index in [9.17, 15) is 4.79 Å². The number of carbonyl (C=O) groups excluding carboxylic acids is 1. The summed E-state index contributed by atoms with van der Waals surface area (Å²) in [5.74, 6) is 0.0591. The number of aromatic nitrogens is 3. The fraction of sp³-hybridized carbons (Fsp3) is 0.150. The van der Waals surface area contributed by atoms with Crippen molar-refractivity contribution >= 4 is 17.7 Å². The highest BCUT2D eigenvalue weighted by Crippen LogP contribution is 2.22. The zero-order valence-corrected chi connectivity index (χ0v) is 16.3. The summed E-state index contributed by atoms with van der Waals surface area (Å²) in [4.78, 5) is 12.5. The Balaban J connectivity index is 0.00000176. The molecule has 1 heterocycles. The first-order chi connectivity index (χ1) is 13.2. The van der Waals surface area contributed by atoms with Crippen LogP contribution in [0, 0.1) is 0 Å². The Labute approximate surface area is 163 Å². The highest BCUT2D eigenvalue weighted by atomic mass is 32.2. The van der Waals surface area contributed by atoms with Crippen LogP contribution < -0.4 is 5.48 Å². The van der Waals surface area contributed by atoms with Crippen molar-refractivity contribution in [3.8, 4) is 5.69 Å². The number of rotatable bonds is 8. The van der Waals surface area contributed by atoms with Crippen LogP contribution in [-0.4, -0.2) is 26.1 Å². The first-order valence-corrected chi connectivity index (χ1v) is 9.37. The van der Waals surface area contributed by atoms with Crippen LogP contribution in [0.15, 0.2) is 78.9 Å². The van der Waals surface area contributed by atoms with Gasteiger partial charge in [0.1, 0.15) is 0 Å². The molecule has 6 nitrogen and oxygen atoms in total. The summed E-state index contributed by atoms with van der Waals surface area (Å²) < 4.78 is 1.58. The van der Waals surface area contributed by atoms with E-state index in [-0.39, 0.29) is 0 Å². The Bertz CT molecular complexity index is 825. The summed E-state index contributed by atoms with van der Waals surface area (Å²) in [7, 11) is 0. The molecule has 1 aromatic carbocycles. The van der Waals surface area contributed by atoms with Crippen LogP contribution in [0.5, 0.6) is 0 Å². The molecule has 0 unspecified atom stereocenters. The fourth-order valence-electron chi connectivity index (χ4n) is 1.93. The molecule has 7 heteroatoms. The molecule has 27 heavy (non-hydrogen) atoms. The van der Waals surface area contributed by atoms with Crippen molar-refractivity contribution in [2.24, 2.45) is 0 Å². The third-order valence-electron chi connectivity index (χ3n) is 3.08. The van der Waals surface area contributed by atoms with Crippen molar-refractivity contribution in [3.63, 3.8) is 0 Å². The van der Waals surface area contributed by atoms with Crippen LogP contribution >= 0.6 is 11.8 Å². The summed E-state index contributed by atoms with van der Waals surface area (Å²) in [6, 6.07) is 6.73. The van der Waals surface area contributed by atoms with Gasteiger partial charge in [-0.15, -0.1) is 16.9 Å². The van der Waals surface area contributed by atoms with Crippen molar-refractivity contribution in [1.82, 2.24) is 20.5 Å². The van der Waals surface area contributed by atoms with Crippen molar-refractivity contribution in [3.05, 3.63) is 90.2 Å². The number of hydroxylamine groups is 1. The lowest BCUT2D eigenvalue weighted by Gasteiger charge is -2.03. The summed E-state index contributed by atoms with van der Waals surface area (Å²) in [5.41, 5.74) is 3.42. The van der Waals surface area contributed by atoms with Crippen molar-refractivity contribution < 1.29 is 10.0 Å². The van der Waals surface area contributed by atoms with E-state index < -0.39 is 5.91 Å². The summed E-state index contributed by atoms with van der Waals surface area (Å²) >= 11 is 1.60. The van der Waals surface area contributed by atoms with Gasteiger partial charge in [-0.2, -0.15) is 0 Å². The highest BCUT2D eigenvalue weighted by Gasteiger charge is 2.08. The normalized spacial score (nSPS) is 10.9.